The maximum atomic E-state index is 12.8. The first kappa shape index (κ1) is 22.0. The van der Waals surface area contributed by atoms with E-state index in [2.05, 4.69) is 22.8 Å². The summed E-state index contributed by atoms with van der Waals surface area (Å²) in [5.74, 6) is -3.90. The largest absolute Gasteiger partial charge is 0.473 e. The first-order chi connectivity index (χ1) is 13.9. The Morgan fingerprint density at radius 3 is 2.31 bits per heavy atom. The Bertz CT molecular complexity index is 842. The van der Waals surface area contributed by atoms with E-state index in [1.807, 2.05) is 12.1 Å². The number of nitrogens with one attached hydrogen (secondary N) is 2. The van der Waals surface area contributed by atoms with Crippen LogP contribution in [0.1, 0.15) is 35.6 Å². The van der Waals surface area contributed by atoms with Gasteiger partial charge in [-0.25, -0.2) is 14.0 Å². The molecule has 0 spiro atoms. The molecular weight excluding hydrogens is 379 g/mol. The second-order valence-electron chi connectivity index (χ2n) is 6.55. The van der Waals surface area contributed by atoms with Gasteiger partial charge >= 0.3 is 11.9 Å². The molecule has 0 fully saturated rings. The van der Waals surface area contributed by atoms with Gasteiger partial charge in [-0.1, -0.05) is 36.4 Å². The quantitative estimate of drug-likeness (QED) is 0.570. The zero-order valence-corrected chi connectivity index (χ0v) is 15.7. The molecule has 1 atom stereocenters. The van der Waals surface area contributed by atoms with Gasteiger partial charge < -0.3 is 20.8 Å². The van der Waals surface area contributed by atoms with E-state index in [9.17, 15) is 9.18 Å². The lowest BCUT2D eigenvalue weighted by Gasteiger charge is -2.26. The molecule has 0 saturated heterocycles. The van der Waals surface area contributed by atoms with Crippen molar-refractivity contribution in [1.82, 2.24) is 10.6 Å². The molecule has 4 N–H and O–H groups in total. The fraction of sp³-hybridized carbons (Fsp3) is 0.286. The number of hydrogen-bond donors (Lipinski definition) is 4. The lowest BCUT2D eigenvalue weighted by Crippen LogP contribution is -2.37. The minimum Gasteiger partial charge on any atom is -0.473 e. The Morgan fingerprint density at radius 1 is 1.00 bits per heavy atom. The van der Waals surface area contributed by atoms with E-state index in [4.69, 9.17) is 19.8 Å². The van der Waals surface area contributed by atoms with Crippen molar-refractivity contribution in [2.75, 3.05) is 6.54 Å². The van der Waals surface area contributed by atoms with Crippen LogP contribution in [0.25, 0.3) is 0 Å². The van der Waals surface area contributed by atoms with E-state index in [1.54, 1.807) is 12.1 Å². The van der Waals surface area contributed by atoms with Gasteiger partial charge in [-0.05, 0) is 48.1 Å². The van der Waals surface area contributed by atoms with Crippen molar-refractivity contribution in [3.8, 4) is 0 Å². The molecule has 1 unspecified atom stereocenters. The lowest BCUT2D eigenvalue weighted by molar-refractivity contribution is -0.159. The van der Waals surface area contributed by atoms with Crippen LogP contribution in [-0.4, -0.2) is 34.6 Å². The molecule has 2 aromatic rings. The highest BCUT2D eigenvalue weighted by Gasteiger charge is 2.20. The summed E-state index contributed by atoms with van der Waals surface area (Å²) in [7, 11) is 0. The van der Waals surface area contributed by atoms with Crippen molar-refractivity contribution < 1.29 is 29.0 Å². The fourth-order valence-electron chi connectivity index (χ4n) is 3.07. The number of amides is 1. The predicted octanol–water partition coefficient (Wildman–Crippen LogP) is 2.26. The van der Waals surface area contributed by atoms with Crippen LogP contribution in [0, 0.1) is 5.82 Å². The van der Waals surface area contributed by atoms with Gasteiger partial charge in [0.2, 0.25) is 5.91 Å². The molecule has 3 rings (SSSR count). The van der Waals surface area contributed by atoms with Gasteiger partial charge in [-0.2, -0.15) is 0 Å². The molecule has 29 heavy (non-hydrogen) atoms. The second kappa shape index (κ2) is 10.9. The minimum absolute atomic E-state index is 0.00573. The van der Waals surface area contributed by atoms with Gasteiger partial charge in [0.15, 0.2) is 0 Å². The summed E-state index contributed by atoms with van der Waals surface area (Å²) < 4.78 is 12.8. The van der Waals surface area contributed by atoms with Crippen LogP contribution in [0.15, 0.2) is 48.5 Å². The van der Waals surface area contributed by atoms with Crippen LogP contribution >= 0.6 is 0 Å². The van der Waals surface area contributed by atoms with Crippen LogP contribution in [0.4, 0.5) is 4.39 Å². The number of aryl methyl sites for hydroxylation is 1. The third-order valence-corrected chi connectivity index (χ3v) is 4.42. The first-order valence-electron chi connectivity index (χ1n) is 9.15. The molecule has 1 amide bonds. The molecule has 0 aliphatic heterocycles. The number of aliphatic carboxylic acids is 2. The summed E-state index contributed by atoms with van der Waals surface area (Å²) in [5, 5.41) is 21.0. The summed E-state index contributed by atoms with van der Waals surface area (Å²) in [4.78, 5) is 30.3. The van der Waals surface area contributed by atoms with E-state index in [0.29, 0.717) is 6.54 Å². The molecule has 8 heteroatoms. The molecular formula is C21H23FN2O5. The maximum absolute atomic E-state index is 12.8. The van der Waals surface area contributed by atoms with Gasteiger partial charge in [-0.15, -0.1) is 0 Å². The number of fused-ring (bicyclic) bond motifs is 1. The third-order valence-electron chi connectivity index (χ3n) is 4.42. The van der Waals surface area contributed by atoms with Crippen molar-refractivity contribution in [3.05, 3.63) is 71.0 Å². The van der Waals surface area contributed by atoms with E-state index >= 15 is 0 Å². The van der Waals surface area contributed by atoms with Crippen LogP contribution in [0.5, 0.6) is 0 Å². The first-order valence-corrected chi connectivity index (χ1v) is 9.15. The normalized spacial score (nSPS) is 14.7. The molecule has 1 aliphatic carbocycles. The van der Waals surface area contributed by atoms with Crippen molar-refractivity contribution in [2.45, 2.75) is 31.8 Å². The molecule has 154 valence electrons. The minimum atomic E-state index is -1.82. The van der Waals surface area contributed by atoms with E-state index < -0.39 is 11.9 Å². The number of carboxylic acids is 2. The summed E-state index contributed by atoms with van der Waals surface area (Å²) in [5.41, 5.74) is 3.54. The van der Waals surface area contributed by atoms with Crippen molar-refractivity contribution in [1.29, 1.82) is 0 Å². The SMILES string of the molecule is O=C(CNCc1ccc(F)cc1)NC1CCCc2ccccc21.O=C(O)C(=O)O. The van der Waals surface area contributed by atoms with E-state index in [0.717, 1.165) is 24.8 Å². The second-order valence-corrected chi connectivity index (χ2v) is 6.55. The van der Waals surface area contributed by atoms with E-state index in [1.165, 1.54) is 23.3 Å². The zero-order chi connectivity index (χ0) is 21.2. The summed E-state index contributed by atoms with van der Waals surface area (Å²) in [6.45, 7) is 0.811. The van der Waals surface area contributed by atoms with Gasteiger partial charge in [0.05, 0.1) is 12.6 Å². The summed E-state index contributed by atoms with van der Waals surface area (Å²) in [6.07, 6.45) is 3.18. The molecule has 1 aliphatic rings. The number of rotatable bonds is 5. The molecule has 2 aromatic carbocycles. The number of halogens is 1. The average Bonchev–Trinajstić information content (AvgIpc) is 2.70. The third kappa shape index (κ3) is 7.34. The van der Waals surface area contributed by atoms with Gasteiger partial charge in [0.1, 0.15) is 5.82 Å². The van der Waals surface area contributed by atoms with Gasteiger partial charge in [0, 0.05) is 6.54 Å². The monoisotopic (exact) mass is 402 g/mol. The molecule has 0 radical (unpaired) electrons. The van der Waals surface area contributed by atoms with Crippen LogP contribution in [0.3, 0.4) is 0 Å². The molecule has 7 nitrogen and oxygen atoms in total. The van der Waals surface area contributed by atoms with Crippen molar-refractivity contribution in [3.63, 3.8) is 0 Å². The molecule has 0 heterocycles. The van der Waals surface area contributed by atoms with Crippen molar-refractivity contribution >= 4 is 17.8 Å². The number of hydrogen-bond acceptors (Lipinski definition) is 4. The smallest absolute Gasteiger partial charge is 0.414 e. The summed E-state index contributed by atoms with van der Waals surface area (Å²) >= 11 is 0. The standard InChI is InChI=1S/C19H21FN2O.C2H2O4/c20-16-10-8-14(9-11-16)12-21-13-19(23)22-18-7-3-5-15-4-1-2-6-17(15)18;3-1(4)2(5)6/h1-2,4,6,8-11,18,21H,3,5,7,12-13H2,(H,22,23);(H,3,4)(H,5,6). The lowest BCUT2D eigenvalue weighted by atomic mass is 9.88. The van der Waals surface area contributed by atoms with Gasteiger partial charge in [0.25, 0.3) is 0 Å². The number of carboxylic acid groups (broad SMARTS) is 2. The number of carbonyl (C=O) groups is 3. The van der Waals surface area contributed by atoms with Crippen LogP contribution in [-0.2, 0) is 27.3 Å². The highest BCUT2D eigenvalue weighted by atomic mass is 19.1. The van der Waals surface area contributed by atoms with Crippen LogP contribution < -0.4 is 10.6 Å². The molecule has 0 bridgehead atoms. The maximum Gasteiger partial charge on any atom is 0.414 e. The molecule has 0 saturated carbocycles. The van der Waals surface area contributed by atoms with Crippen molar-refractivity contribution in [2.24, 2.45) is 0 Å². The fourth-order valence-corrected chi connectivity index (χ4v) is 3.07. The summed E-state index contributed by atoms with van der Waals surface area (Å²) in [6, 6.07) is 14.7. The van der Waals surface area contributed by atoms with E-state index in [-0.39, 0.29) is 24.3 Å². The number of carbonyl (C=O) groups excluding carboxylic acids is 1. The van der Waals surface area contributed by atoms with Gasteiger partial charge in [-0.3, -0.25) is 4.79 Å². The highest BCUT2D eigenvalue weighted by molar-refractivity contribution is 6.27. The Hall–Kier alpha value is -3.26. The highest BCUT2D eigenvalue weighted by Crippen LogP contribution is 2.29. The topological polar surface area (TPSA) is 116 Å². The Balaban J connectivity index is 0.000000438. The number of benzene rings is 2. The molecule has 0 aromatic heterocycles. The Kier molecular flexibility index (Phi) is 8.29. The Labute approximate surface area is 167 Å². The Morgan fingerprint density at radius 2 is 1.66 bits per heavy atom. The van der Waals surface area contributed by atoms with Crippen LogP contribution in [0.2, 0.25) is 0 Å². The predicted molar refractivity (Wildman–Crippen MR) is 104 cm³/mol. The zero-order valence-electron chi connectivity index (χ0n) is 15.7. The average molecular weight is 402 g/mol.